The molecular formula is C27H33ClN4O4S. The number of aryl methyl sites for hydroxylation is 1. The maximum Gasteiger partial charge on any atom is 0.257 e. The number of furan rings is 1. The molecule has 0 radical (unpaired) electrons. The number of carbonyl (C=O) groups excluding carboxylic acids is 1. The van der Waals surface area contributed by atoms with Crippen LogP contribution >= 0.6 is 22.9 Å². The number of rotatable bonds is 9. The third-order valence-corrected chi connectivity index (χ3v) is 7.42. The van der Waals surface area contributed by atoms with Crippen molar-refractivity contribution in [3.63, 3.8) is 0 Å². The van der Waals surface area contributed by atoms with Gasteiger partial charge in [0.25, 0.3) is 5.91 Å². The summed E-state index contributed by atoms with van der Waals surface area (Å²) in [6, 6.07) is 10.7. The number of halogens is 1. The zero-order valence-electron chi connectivity index (χ0n) is 21.3. The molecule has 0 aliphatic carbocycles. The SMILES string of the molecule is CCN(C)Cc1sc2c(=O)c(C(=O)NCc3ccc(Cl)cc3)cn(CCN)c2c1C.OCc1ccco1. The van der Waals surface area contributed by atoms with E-state index in [1.54, 1.807) is 30.5 Å². The molecule has 0 atom stereocenters. The number of pyridine rings is 1. The van der Waals surface area contributed by atoms with Crippen LogP contribution in [-0.4, -0.2) is 40.6 Å². The Kier molecular flexibility index (Phi) is 10.5. The van der Waals surface area contributed by atoms with Crippen LogP contribution < -0.4 is 16.5 Å². The molecule has 1 aromatic carbocycles. The van der Waals surface area contributed by atoms with Gasteiger partial charge in [0.2, 0.25) is 5.43 Å². The normalized spacial score (nSPS) is 11.0. The van der Waals surface area contributed by atoms with Crippen molar-refractivity contribution in [2.75, 3.05) is 20.1 Å². The lowest BCUT2D eigenvalue weighted by Gasteiger charge is -2.13. The predicted octanol–water partition coefficient (Wildman–Crippen LogP) is 4.14. The summed E-state index contributed by atoms with van der Waals surface area (Å²) in [5, 5.41) is 11.8. The van der Waals surface area contributed by atoms with Crippen molar-refractivity contribution in [3.8, 4) is 0 Å². The van der Waals surface area contributed by atoms with Gasteiger partial charge in [-0.3, -0.25) is 9.59 Å². The maximum atomic E-state index is 13.2. The topological polar surface area (TPSA) is 114 Å². The second-order valence-electron chi connectivity index (χ2n) is 8.56. The first-order chi connectivity index (χ1) is 17.8. The fourth-order valence-corrected chi connectivity index (χ4v) is 5.20. The van der Waals surface area contributed by atoms with E-state index in [9.17, 15) is 9.59 Å². The molecule has 3 aromatic heterocycles. The van der Waals surface area contributed by atoms with Crippen LogP contribution in [0.15, 0.2) is 58.1 Å². The molecule has 37 heavy (non-hydrogen) atoms. The summed E-state index contributed by atoms with van der Waals surface area (Å²) in [5.41, 5.74) is 8.58. The molecule has 8 nitrogen and oxygen atoms in total. The summed E-state index contributed by atoms with van der Waals surface area (Å²) in [6.45, 7) is 7.08. The van der Waals surface area contributed by atoms with Crippen molar-refractivity contribution >= 4 is 39.1 Å². The molecule has 4 aromatic rings. The Morgan fingerprint density at radius 1 is 1.27 bits per heavy atom. The molecule has 0 saturated heterocycles. The number of hydrogen-bond acceptors (Lipinski definition) is 7. The molecule has 3 heterocycles. The minimum Gasteiger partial charge on any atom is -0.467 e. The average Bonchev–Trinajstić information content (AvgIpc) is 3.54. The van der Waals surface area contributed by atoms with Crippen LogP contribution in [0.5, 0.6) is 0 Å². The van der Waals surface area contributed by atoms with Gasteiger partial charge in [0.05, 0.1) is 16.5 Å². The highest BCUT2D eigenvalue weighted by Crippen LogP contribution is 2.30. The monoisotopic (exact) mass is 544 g/mol. The Balaban J connectivity index is 0.000000468. The van der Waals surface area contributed by atoms with E-state index in [0.717, 1.165) is 34.6 Å². The summed E-state index contributed by atoms with van der Waals surface area (Å²) in [7, 11) is 2.05. The Bertz CT molecular complexity index is 1360. The van der Waals surface area contributed by atoms with Crippen molar-refractivity contribution in [1.29, 1.82) is 0 Å². The largest absolute Gasteiger partial charge is 0.467 e. The quantitative estimate of drug-likeness (QED) is 0.292. The van der Waals surface area contributed by atoms with Crippen LogP contribution in [0, 0.1) is 6.92 Å². The van der Waals surface area contributed by atoms with Gasteiger partial charge in [0, 0.05) is 42.3 Å². The predicted molar refractivity (Wildman–Crippen MR) is 149 cm³/mol. The van der Waals surface area contributed by atoms with E-state index in [-0.39, 0.29) is 23.5 Å². The number of thiophene rings is 1. The molecule has 0 bridgehead atoms. The van der Waals surface area contributed by atoms with Gasteiger partial charge in [-0.2, -0.15) is 0 Å². The second-order valence-corrected chi connectivity index (χ2v) is 10.1. The van der Waals surface area contributed by atoms with Crippen LogP contribution in [0.25, 0.3) is 10.2 Å². The fourth-order valence-electron chi connectivity index (χ4n) is 3.72. The van der Waals surface area contributed by atoms with Crippen LogP contribution in [0.3, 0.4) is 0 Å². The number of nitrogens with two attached hydrogens (primary N) is 1. The van der Waals surface area contributed by atoms with Gasteiger partial charge in [-0.15, -0.1) is 11.3 Å². The van der Waals surface area contributed by atoms with E-state index in [0.29, 0.717) is 35.1 Å². The minimum atomic E-state index is -0.388. The number of benzene rings is 1. The first-order valence-electron chi connectivity index (χ1n) is 12.0. The number of fused-ring (bicyclic) bond motifs is 1. The van der Waals surface area contributed by atoms with Crippen LogP contribution in [0.4, 0.5) is 0 Å². The molecule has 0 aliphatic heterocycles. The third kappa shape index (κ3) is 7.30. The maximum absolute atomic E-state index is 13.2. The van der Waals surface area contributed by atoms with Gasteiger partial charge in [-0.05, 0) is 55.9 Å². The molecule has 0 unspecified atom stereocenters. The second kappa shape index (κ2) is 13.6. The van der Waals surface area contributed by atoms with E-state index in [1.165, 1.54) is 17.6 Å². The number of nitrogens with one attached hydrogen (secondary N) is 1. The van der Waals surface area contributed by atoms with E-state index in [2.05, 4.69) is 17.1 Å². The Hall–Kier alpha value is -2.95. The lowest BCUT2D eigenvalue weighted by atomic mass is 10.1. The molecule has 0 aliphatic rings. The van der Waals surface area contributed by atoms with Crippen LogP contribution in [0.2, 0.25) is 5.02 Å². The summed E-state index contributed by atoms with van der Waals surface area (Å²) in [5.74, 6) is 0.223. The number of carbonyl (C=O) groups is 1. The number of hydrogen-bond donors (Lipinski definition) is 3. The van der Waals surface area contributed by atoms with E-state index in [1.807, 2.05) is 30.7 Å². The zero-order valence-corrected chi connectivity index (χ0v) is 22.9. The molecule has 4 rings (SSSR count). The summed E-state index contributed by atoms with van der Waals surface area (Å²) in [4.78, 5) is 29.3. The van der Waals surface area contributed by atoms with Gasteiger partial charge < -0.3 is 30.0 Å². The Morgan fingerprint density at radius 3 is 2.57 bits per heavy atom. The average molecular weight is 545 g/mol. The molecule has 198 valence electrons. The summed E-state index contributed by atoms with van der Waals surface area (Å²) >= 11 is 7.38. The first-order valence-corrected chi connectivity index (χ1v) is 13.2. The highest BCUT2D eigenvalue weighted by Gasteiger charge is 2.20. The van der Waals surface area contributed by atoms with Gasteiger partial charge in [-0.25, -0.2) is 0 Å². The van der Waals surface area contributed by atoms with Crippen molar-refractivity contribution in [1.82, 2.24) is 14.8 Å². The first kappa shape index (κ1) is 28.6. The highest BCUT2D eigenvalue weighted by atomic mass is 35.5. The van der Waals surface area contributed by atoms with E-state index in [4.69, 9.17) is 26.9 Å². The van der Waals surface area contributed by atoms with Gasteiger partial charge >= 0.3 is 0 Å². The fraction of sp³-hybridized carbons (Fsp3) is 0.333. The molecule has 0 spiro atoms. The van der Waals surface area contributed by atoms with Crippen molar-refractivity contribution in [3.05, 3.63) is 91.4 Å². The minimum absolute atomic E-state index is 0.00694. The summed E-state index contributed by atoms with van der Waals surface area (Å²) in [6.07, 6.45) is 3.17. The zero-order chi connectivity index (χ0) is 26.9. The van der Waals surface area contributed by atoms with Gasteiger partial charge in [-0.1, -0.05) is 30.7 Å². The molecule has 1 amide bonds. The van der Waals surface area contributed by atoms with Crippen molar-refractivity contribution < 1.29 is 14.3 Å². The highest BCUT2D eigenvalue weighted by molar-refractivity contribution is 7.19. The van der Waals surface area contributed by atoms with E-state index >= 15 is 0 Å². The summed E-state index contributed by atoms with van der Waals surface area (Å²) < 4.78 is 7.28. The van der Waals surface area contributed by atoms with Gasteiger partial charge in [0.1, 0.15) is 17.9 Å². The molecule has 10 heteroatoms. The molecule has 4 N–H and O–H groups in total. The number of amides is 1. The van der Waals surface area contributed by atoms with Crippen molar-refractivity contribution in [2.45, 2.75) is 40.1 Å². The van der Waals surface area contributed by atoms with Gasteiger partial charge in [0.15, 0.2) is 0 Å². The molecular weight excluding hydrogens is 512 g/mol. The number of aliphatic hydroxyl groups excluding tert-OH is 1. The van der Waals surface area contributed by atoms with Crippen LogP contribution in [0.1, 0.15) is 39.0 Å². The number of aliphatic hydroxyl groups is 1. The number of nitrogens with zero attached hydrogens (tertiary/aromatic N) is 2. The van der Waals surface area contributed by atoms with Crippen LogP contribution in [-0.2, 0) is 26.2 Å². The molecule has 0 fully saturated rings. The van der Waals surface area contributed by atoms with Crippen molar-refractivity contribution in [2.24, 2.45) is 5.73 Å². The lowest BCUT2D eigenvalue weighted by molar-refractivity contribution is 0.0949. The standard InChI is InChI=1S/C22H27ClN4O2S.C5H6O2/c1-4-26(3)13-18-14(2)19-21(30-18)20(28)17(12-27(19)10-9-24)22(29)25-11-15-5-7-16(23)8-6-15;6-4-5-2-1-3-7-5/h5-8,12H,4,9-11,13,24H2,1-3H3,(H,25,29);1-3,6H,4H2. The number of aromatic nitrogens is 1. The Morgan fingerprint density at radius 2 is 2.00 bits per heavy atom. The smallest absolute Gasteiger partial charge is 0.257 e. The third-order valence-electron chi connectivity index (χ3n) is 5.91. The molecule has 0 saturated carbocycles. The van der Waals surface area contributed by atoms with E-state index < -0.39 is 0 Å². The Labute approximate surface area is 225 Å². The lowest BCUT2D eigenvalue weighted by Crippen LogP contribution is -2.29.